The largest absolute Gasteiger partial charge is 0.334 e. The Morgan fingerprint density at radius 2 is 2.05 bits per heavy atom. The standard InChI is InChI=1S/C14H21N3O3S2/c1-15(2)22(19,20)16-7-11-3-4-13(9-16)17(8-11)14(18)12-5-6-21-10-12/h5-6,10-11,13H,3-4,7-9H2,1-2H3. The Labute approximate surface area is 135 Å². The number of fused-ring (bicyclic) bond motifs is 4. The molecule has 3 aliphatic heterocycles. The molecule has 3 fully saturated rings. The van der Waals surface area contributed by atoms with E-state index < -0.39 is 10.2 Å². The van der Waals surface area contributed by atoms with Gasteiger partial charge in [0.15, 0.2) is 0 Å². The van der Waals surface area contributed by atoms with Gasteiger partial charge in [0.2, 0.25) is 0 Å². The first-order chi connectivity index (χ1) is 10.4. The summed E-state index contributed by atoms with van der Waals surface area (Å²) in [6.07, 6.45) is 1.86. The molecule has 0 spiro atoms. The van der Waals surface area contributed by atoms with Crippen molar-refractivity contribution in [3.05, 3.63) is 22.4 Å². The number of hydrogen-bond donors (Lipinski definition) is 0. The van der Waals surface area contributed by atoms with Gasteiger partial charge in [-0.25, -0.2) is 0 Å². The Balaban J connectivity index is 1.84. The fourth-order valence-electron chi connectivity index (χ4n) is 3.26. The highest BCUT2D eigenvalue weighted by Gasteiger charge is 2.41. The number of thiophene rings is 1. The van der Waals surface area contributed by atoms with Gasteiger partial charge in [0.05, 0.1) is 5.56 Å². The van der Waals surface area contributed by atoms with Crippen LogP contribution in [-0.4, -0.2) is 67.6 Å². The Morgan fingerprint density at radius 1 is 1.27 bits per heavy atom. The van der Waals surface area contributed by atoms with Crippen molar-refractivity contribution < 1.29 is 13.2 Å². The van der Waals surface area contributed by atoms with Crippen molar-refractivity contribution >= 4 is 27.5 Å². The Bertz CT molecular complexity index is 642. The fraction of sp³-hybridized carbons (Fsp3) is 0.643. The molecule has 3 saturated heterocycles. The lowest BCUT2D eigenvalue weighted by molar-refractivity contribution is 0.0589. The maximum atomic E-state index is 12.6. The molecule has 3 aliphatic rings. The van der Waals surface area contributed by atoms with Crippen molar-refractivity contribution in [2.24, 2.45) is 5.92 Å². The molecule has 1 aromatic heterocycles. The van der Waals surface area contributed by atoms with Gasteiger partial charge in [-0.3, -0.25) is 4.79 Å². The minimum atomic E-state index is -3.42. The summed E-state index contributed by atoms with van der Waals surface area (Å²) < 4.78 is 27.6. The molecule has 0 N–H and O–H groups in total. The molecule has 2 atom stereocenters. The van der Waals surface area contributed by atoms with Crippen LogP contribution in [0.25, 0.3) is 0 Å². The van der Waals surface area contributed by atoms with Gasteiger partial charge in [-0.05, 0) is 30.2 Å². The monoisotopic (exact) mass is 343 g/mol. The summed E-state index contributed by atoms with van der Waals surface area (Å²) in [5, 5.41) is 3.75. The van der Waals surface area contributed by atoms with Gasteiger partial charge >= 0.3 is 0 Å². The van der Waals surface area contributed by atoms with Crippen molar-refractivity contribution in [1.82, 2.24) is 13.5 Å². The molecule has 8 heteroatoms. The second kappa shape index (κ2) is 5.92. The zero-order valence-corrected chi connectivity index (χ0v) is 14.4. The fourth-order valence-corrected chi connectivity index (χ4v) is 5.11. The number of piperidine rings is 1. The maximum Gasteiger partial charge on any atom is 0.281 e. The first kappa shape index (κ1) is 15.9. The van der Waals surface area contributed by atoms with E-state index in [9.17, 15) is 13.2 Å². The highest BCUT2D eigenvalue weighted by Crippen LogP contribution is 2.31. The topological polar surface area (TPSA) is 60.9 Å². The van der Waals surface area contributed by atoms with Crippen LogP contribution in [0, 0.1) is 5.92 Å². The second-order valence-electron chi connectivity index (χ2n) is 6.17. The number of hydrogen-bond acceptors (Lipinski definition) is 4. The van der Waals surface area contributed by atoms with Crippen LogP contribution in [0.4, 0.5) is 0 Å². The third kappa shape index (κ3) is 2.80. The van der Waals surface area contributed by atoms with E-state index in [-0.39, 0.29) is 17.9 Å². The van der Waals surface area contributed by atoms with E-state index >= 15 is 0 Å². The normalized spacial score (nSPS) is 26.4. The van der Waals surface area contributed by atoms with Gasteiger partial charge in [-0.15, -0.1) is 0 Å². The predicted molar refractivity (Wildman–Crippen MR) is 86.0 cm³/mol. The van der Waals surface area contributed by atoms with E-state index in [0.717, 1.165) is 12.8 Å². The number of rotatable bonds is 3. The summed E-state index contributed by atoms with van der Waals surface area (Å²) in [7, 11) is -0.317. The third-order valence-corrected chi connectivity index (χ3v) is 7.05. The Morgan fingerprint density at radius 3 is 2.68 bits per heavy atom. The smallest absolute Gasteiger partial charge is 0.281 e. The predicted octanol–water partition coefficient (Wildman–Crippen LogP) is 1.09. The lowest BCUT2D eigenvalue weighted by atomic mass is 9.94. The minimum Gasteiger partial charge on any atom is -0.334 e. The average Bonchev–Trinajstić information content (AvgIpc) is 2.85. The van der Waals surface area contributed by atoms with E-state index in [1.807, 2.05) is 21.7 Å². The lowest BCUT2D eigenvalue weighted by Gasteiger charge is -2.36. The first-order valence-electron chi connectivity index (χ1n) is 7.40. The summed E-state index contributed by atoms with van der Waals surface area (Å²) in [6, 6.07) is 1.81. The van der Waals surface area contributed by atoms with Gasteiger partial charge in [-0.2, -0.15) is 28.4 Å². The molecule has 6 nitrogen and oxygen atoms in total. The quantitative estimate of drug-likeness (QED) is 0.825. The third-order valence-electron chi connectivity index (χ3n) is 4.50. The van der Waals surface area contributed by atoms with Crippen LogP contribution in [0.15, 0.2) is 16.8 Å². The van der Waals surface area contributed by atoms with Crippen molar-refractivity contribution in [1.29, 1.82) is 0 Å². The van der Waals surface area contributed by atoms with E-state index in [1.54, 1.807) is 14.1 Å². The van der Waals surface area contributed by atoms with Crippen molar-refractivity contribution in [3.63, 3.8) is 0 Å². The van der Waals surface area contributed by atoms with E-state index in [4.69, 9.17) is 0 Å². The summed E-state index contributed by atoms with van der Waals surface area (Å²) in [4.78, 5) is 14.5. The molecule has 4 rings (SSSR count). The van der Waals surface area contributed by atoms with Gasteiger partial charge in [-0.1, -0.05) is 0 Å². The Hall–Kier alpha value is -0.960. The van der Waals surface area contributed by atoms with Crippen LogP contribution in [0.2, 0.25) is 0 Å². The van der Waals surface area contributed by atoms with Crippen molar-refractivity contribution in [2.75, 3.05) is 33.7 Å². The Kier molecular flexibility index (Phi) is 4.28. The molecule has 22 heavy (non-hydrogen) atoms. The van der Waals surface area contributed by atoms with E-state index in [0.29, 0.717) is 25.2 Å². The van der Waals surface area contributed by atoms with Crippen LogP contribution in [0.5, 0.6) is 0 Å². The van der Waals surface area contributed by atoms with Gasteiger partial charge in [0.1, 0.15) is 0 Å². The molecule has 0 radical (unpaired) electrons. The van der Waals surface area contributed by atoms with Crippen molar-refractivity contribution in [2.45, 2.75) is 18.9 Å². The zero-order valence-electron chi connectivity index (χ0n) is 12.8. The molecular weight excluding hydrogens is 322 g/mol. The van der Waals surface area contributed by atoms with Crippen LogP contribution in [0.3, 0.4) is 0 Å². The number of nitrogens with zero attached hydrogens (tertiary/aromatic N) is 3. The maximum absolute atomic E-state index is 12.6. The van der Waals surface area contributed by atoms with Crippen LogP contribution >= 0.6 is 11.3 Å². The summed E-state index contributed by atoms with van der Waals surface area (Å²) in [5.41, 5.74) is 0.708. The highest BCUT2D eigenvalue weighted by molar-refractivity contribution is 7.86. The number of amides is 1. The molecule has 0 aromatic carbocycles. The molecule has 1 aromatic rings. The molecule has 0 aliphatic carbocycles. The minimum absolute atomic E-state index is 0.0270. The molecule has 1 amide bonds. The van der Waals surface area contributed by atoms with E-state index in [1.165, 1.54) is 19.9 Å². The number of carbonyl (C=O) groups is 1. The second-order valence-corrected chi connectivity index (χ2v) is 9.10. The summed E-state index contributed by atoms with van der Waals surface area (Å²) >= 11 is 1.51. The van der Waals surface area contributed by atoms with Gasteiger partial charge in [0, 0.05) is 45.2 Å². The lowest BCUT2D eigenvalue weighted by Crippen LogP contribution is -2.48. The summed E-state index contributed by atoms with van der Waals surface area (Å²) in [5.74, 6) is 0.246. The first-order valence-corrected chi connectivity index (χ1v) is 9.74. The highest BCUT2D eigenvalue weighted by atomic mass is 32.2. The molecule has 2 bridgehead atoms. The van der Waals surface area contributed by atoms with Crippen LogP contribution in [0.1, 0.15) is 23.2 Å². The van der Waals surface area contributed by atoms with Crippen LogP contribution in [-0.2, 0) is 10.2 Å². The molecule has 122 valence electrons. The van der Waals surface area contributed by atoms with Crippen molar-refractivity contribution in [3.8, 4) is 0 Å². The van der Waals surface area contributed by atoms with Gasteiger partial charge in [0.25, 0.3) is 16.1 Å². The molecular formula is C14H21N3O3S2. The average molecular weight is 343 g/mol. The SMILES string of the molecule is CN(C)S(=O)(=O)N1CC2CCC(C1)N(C(=O)c1ccsc1)C2. The molecule has 2 unspecified atom stereocenters. The number of carbonyl (C=O) groups excluding carboxylic acids is 1. The van der Waals surface area contributed by atoms with E-state index in [2.05, 4.69) is 0 Å². The molecule has 0 saturated carbocycles. The zero-order chi connectivity index (χ0) is 15.9. The summed E-state index contributed by atoms with van der Waals surface area (Å²) in [6.45, 7) is 1.55. The van der Waals surface area contributed by atoms with Gasteiger partial charge < -0.3 is 4.90 Å². The van der Waals surface area contributed by atoms with Crippen LogP contribution < -0.4 is 0 Å². The molecule has 4 heterocycles.